The molecule has 6 nitrogen and oxygen atoms in total. The second kappa shape index (κ2) is 8.07. The molecule has 2 N–H and O–H groups in total. The predicted octanol–water partition coefficient (Wildman–Crippen LogP) is 4.25. The fourth-order valence-electron chi connectivity index (χ4n) is 2.41. The Morgan fingerprint density at radius 3 is 2.63 bits per heavy atom. The zero-order valence-corrected chi connectivity index (χ0v) is 15.3. The Bertz CT molecular complexity index is 1040. The number of hydrogen-bond donors (Lipinski definition) is 2. The number of halogens is 2. The van der Waals surface area contributed by atoms with E-state index in [1.807, 2.05) is 0 Å². The largest absolute Gasteiger partial charge is 0.478 e. The molecule has 3 aromatic rings. The molecule has 1 heterocycles. The number of aromatic nitrogens is 1. The quantitative estimate of drug-likeness (QED) is 0.495. The number of nitrogens with zero attached hydrogens (tertiary/aromatic N) is 2. The van der Waals surface area contributed by atoms with Gasteiger partial charge in [-0.15, -0.1) is 0 Å². The molecule has 3 rings (SSSR count). The Morgan fingerprint density at radius 2 is 1.89 bits per heavy atom. The highest BCUT2D eigenvalue weighted by Gasteiger charge is 2.10. The molecule has 8 heteroatoms. The lowest BCUT2D eigenvalue weighted by Crippen LogP contribution is -2.18. The Kier molecular flexibility index (Phi) is 5.59. The van der Waals surface area contributed by atoms with Crippen LogP contribution in [0.1, 0.15) is 26.4 Å². The molecule has 0 bridgehead atoms. The third-order valence-corrected chi connectivity index (χ3v) is 4.24. The summed E-state index contributed by atoms with van der Waals surface area (Å²) in [5.41, 5.74) is 4.14. The van der Waals surface area contributed by atoms with E-state index in [-0.39, 0.29) is 16.1 Å². The first-order valence-corrected chi connectivity index (χ1v) is 8.51. The van der Waals surface area contributed by atoms with Gasteiger partial charge < -0.3 is 9.67 Å². The SMILES string of the molecule is O=C(O)c1cccc(-n2cccc2/C=N\NC(=O)c2ccc(Cl)cc2Cl)c1. The molecule has 0 aliphatic carbocycles. The maximum atomic E-state index is 12.2. The van der Waals surface area contributed by atoms with Crippen molar-refractivity contribution in [1.82, 2.24) is 9.99 Å². The van der Waals surface area contributed by atoms with Gasteiger partial charge in [-0.25, -0.2) is 10.2 Å². The lowest BCUT2D eigenvalue weighted by Gasteiger charge is -2.07. The summed E-state index contributed by atoms with van der Waals surface area (Å²) in [5.74, 6) is -1.48. The molecule has 1 amide bonds. The molecule has 0 unspecified atom stereocenters. The topological polar surface area (TPSA) is 83.7 Å². The van der Waals surface area contributed by atoms with Crippen LogP contribution in [0.3, 0.4) is 0 Å². The molecule has 0 saturated carbocycles. The predicted molar refractivity (Wildman–Crippen MR) is 104 cm³/mol. The number of rotatable bonds is 5. The van der Waals surface area contributed by atoms with Crippen LogP contribution < -0.4 is 5.43 Å². The molecule has 0 aliphatic rings. The molecule has 1 aromatic heterocycles. The number of benzene rings is 2. The molecule has 136 valence electrons. The molecule has 0 saturated heterocycles. The maximum Gasteiger partial charge on any atom is 0.335 e. The van der Waals surface area contributed by atoms with Gasteiger partial charge in [0.15, 0.2) is 0 Å². The van der Waals surface area contributed by atoms with E-state index in [9.17, 15) is 9.59 Å². The summed E-state index contributed by atoms with van der Waals surface area (Å²) in [5, 5.41) is 13.7. The van der Waals surface area contributed by atoms with E-state index in [1.165, 1.54) is 24.4 Å². The van der Waals surface area contributed by atoms with E-state index in [0.717, 1.165) is 0 Å². The first-order valence-electron chi connectivity index (χ1n) is 7.75. The number of carbonyl (C=O) groups is 2. The number of carboxylic acids is 1. The molecule has 0 aliphatic heterocycles. The number of carbonyl (C=O) groups excluding carboxylic acids is 1. The average Bonchev–Trinajstić information content (AvgIpc) is 3.10. The molecule has 27 heavy (non-hydrogen) atoms. The van der Waals surface area contributed by atoms with Crippen LogP contribution in [0.2, 0.25) is 10.0 Å². The summed E-state index contributed by atoms with van der Waals surface area (Å²) in [6.45, 7) is 0. The lowest BCUT2D eigenvalue weighted by molar-refractivity contribution is 0.0696. The third-order valence-electron chi connectivity index (χ3n) is 3.69. The maximum absolute atomic E-state index is 12.2. The van der Waals surface area contributed by atoms with Gasteiger partial charge in [0.2, 0.25) is 0 Å². The van der Waals surface area contributed by atoms with Crippen molar-refractivity contribution in [2.24, 2.45) is 5.10 Å². The van der Waals surface area contributed by atoms with Crippen LogP contribution in [-0.2, 0) is 0 Å². The third kappa shape index (κ3) is 4.36. The van der Waals surface area contributed by atoms with Crippen molar-refractivity contribution in [2.75, 3.05) is 0 Å². The van der Waals surface area contributed by atoms with Crippen LogP contribution in [0.4, 0.5) is 0 Å². The fourth-order valence-corrected chi connectivity index (χ4v) is 2.91. The smallest absolute Gasteiger partial charge is 0.335 e. The van der Waals surface area contributed by atoms with E-state index in [4.69, 9.17) is 28.3 Å². The van der Waals surface area contributed by atoms with E-state index in [2.05, 4.69) is 10.5 Å². The monoisotopic (exact) mass is 401 g/mol. The van der Waals surface area contributed by atoms with Crippen molar-refractivity contribution >= 4 is 41.3 Å². The number of hydrogen-bond acceptors (Lipinski definition) is 3. The first kappa shape index (κ1) is 18.7. The van der Waals surface area contributed by atoms with Crippen LogP contribution in [-0.4, -0.2) is 27.8 Å². The number of carboxylic acid groups (broad SMARTS) is 1. The van der Waals surface area contributed by atoms with Gasteiger partial charge in [0.25, 0.3) is 5.91 Å². The van der Waals surface area contributed by atoms with Gasteiger partial charge in [0.05, 0.1) is 28.1 Å². The minimum Gasteiger partial charge on any atom is -0.478 e. The number of nitrogens with one attached hydrogen (secondary N) is 1. The molecule has 2 aromatic carbocycles. The fraction of sp³-hybridized carbons (Fsp3) is 0. The lowest BCUT2D eigenvalue weighted by atomic mass is 10.2. The van der Waals surface area contributed by atoms with E-state index >= 15 is 0 Å². The number of aromatic carboxylic acids is 1. The van der Waals surface area contributed by atoms with Gasteiger partial charge in [-0.3, -0.25) is 4.79 Å². The molecule has 0 spiro atoms. The minimum atomic E-state index is -1.01. The second-order valence-corrected chi connectivity index (χ2v) is 6.33. The van der Waals surface area contributed by atoms with Gasteiger partial charge in [-0.1, -0.05) is 29.3 Å². The Labute approximate surface area is 164 Å². The molecule has 0 radical (unpaired) electrons. The Hall–Kier alpha value is -3.09. The van der Waals surface area contributed by atoms with E-state index in [1.54, 1.807) is 47.2 Å². The van der Waals surface area contributed by atoms with Gasteiger partial charge in [0, 0.05) is 16.9 Å². The van der Waals surface area contributed by atoms with Gasteiger partial charge >= 0.3 is 5.97 Å². The number of hydrazone groups is 1. The van der Waals surface area contributed by atoms with Crippen molar-refractivity contribution in [2.45, 2.75) is 0 Å². The molecular formula is C19H13Cl2N3O3. The zero-order valence-electron chi connectivity index (χ0n) is 13.8. The van der Waals surface area contributed by atoms with Gasteiger partial charge in [0.1, 0.15) is 0 Å². The van der Waals surface area contributed by atoms with Crippen LogP contribution in [0.5, 0.6) is 0 Å². The highest BCUT2D eigenvalue weighted by Crippen LogP contribution is 2.20. The van der Waals surface area contributed by atoms with Crippen LogP contribution in [0, 0.1) is 0 Å². The minimum absolute atomic E-state index is 0.176. The standard InChI is InChI=1S/C19H13Cl2N3O3/c20-13-6-7-16(17(21)10-13)18(25)23-22-11-15-5-2-8-24(15)14-4-1-3-12(9-14)19(26)27/h1-11H,(H,23,25)(H,26,27)/b22-11-. The van der Waals surface area contributed by atoms with Crippen LogP contribution in [0.15, 0.2) is 65.9 Å². The van der Waals surface area contributed by atoms with E-state index in [0.29, 0.717) is 16.4 Å². The summed E-state index contributed by atoms with van der Waals surface area (Å²) < 4.78 is 1.75. The first-order chi connectivity index (χ1) is 13.0. The molecule has 0 atom stereocenters. The van der Waals surface area contributed by atoms with Gasteiger partial charge in [-0.05, 0) is 48.5 Å². The summed E-state index contributed by atoms with van der Waals surface area (Å²) >= 11 is 11.8. The van der Waals surface area contributed by atoms with Crippen molar-refractivity contribution in [3.63, 3.8) is 0 Å². The Morgan fingerprint density at radius 1 is 1.07 bits per heavy atom. The van der Waals surface area contributed by atoms with Crippen molar-refractivity contribution in [3.8, 4) is 5.69 Å². The summed E-state index contributed by atoms with van der Waals surface area (Å²) in [7, 11) is 0. The second-order valence-electron chi connectivity index (χ2n) is 5.48. The van der Waals surface area contributed by atoms with E-state index < -0.39 is 11.9 Å². The van der Waals surface area contributed by atoms with Crippen molar-refractivity contribution in [1.29, 1.82) is 0 Å². The van der Waals surface area contributed by atoms with Gasteiger partial charge in [-0.2, -0.15) is 5.10 Å². The summed E-state index contributed by atoms with van der Waals surface area (Å²) in [4.78, 5) is 23.3. The highest BCUT2D eigenvalue weighted by molar-refractivity contribution is 6.36. The highest BCUT2D eigenvalue weighted by atomic mass is 35.5. The summed E-state index contributed by atoms with van der Waals surface area (Å²) in [6, 6.07) is 14.6. The average molecular weight is 402 g/mol. The molecule has 0 fully saturated rings. The van der Waals surface area contributed by atoms with Crippen molar-refractivity contribution in [3.05, 3.63) is 87.7 Å². The number of amides is 1. The zero-order chi connectivity index (χ0) is 19.4. The normalized spacial score (nSPS) is 10.9. The van der Waals surface area contributed by atoms with Crippen LogP contribution >= 0.6 is 23.2 Å². The molecular weight excluding hydrogens is 389 g/mol. The Balaban J connectivity index is 1.77. The summed E-state index contributed by atoms with van der Waals surface area (Å²) in [6.07, 6.45) is 3.22. The van der Waals surface area contributed by atoms with Crippen LogP contribution in [0.25, 0.3) is 5.69 Å². The van der Waals surface area contributed by atoms with Crippen molar-refractivity contribution < 1.29 is 14.7 Å².